The van der Waals surface area contributed by atoms with Crippen LogP contribution in [0.1, 0.15) is 18.4 Å². The fourth-order valence-electron chi connectivity index (χ4n) is 2.09. The van der Waals surface area contributed by atoms with Crippen molar-refractivity contribution in [2.24, 2.45) is 5.92 Å². The molecule has 0 atom stereocenters. The zero-order chi connectivity index (χ0) is 13.7. The Hall–Kier alpha value is -2.13. The lowest BCUT2D eigenvalue weighted by molar-refractivity contribution is -0.384. The molecular formula is C13H15N3O3. The Morgan fingerprint density at radius 1 is 1.47 bits per heavy atom. The number of hydrogen-bond donors (Lipinski definition) is 1. The molecule has 6 heteroatoms. The average molecular weight is 261 g/mol. The third-order valence-corrected chi connectivity index (χ3v) is 3.23. The van der Waals surface area contributed by atoms with E-state index in [-0.39, 0.29) is 5.69 Å². The molecule has 1 aliphatic rings. The lowest BCUT2D eigenvalue weighted by Crippen LogP contribution is -2.30. The van der Waals surface area contributed by atoms with Crippen molar-refractivity contribution in [1.29, 1.82) is 5.26 Å². The summed E-state index contributed by atoms with van der Waals surface area (Å²) in [5.41, 5.74) is 0.277. The number of nitro benzene ring substituents is 1. The van der Waals surface area contributed by atoms with Gasteiger partial charge < -0.3 is 10.1 Å². The topological polar surface area (TPSA) is 88.2 Å². The number of piperidine rings is 1. The van der Waals surface area contributed by atoms with Gasteiger partial charge in [-0.2, -0.15) is 5.26 Å². The summed E-state index contributed by atoms with van der Waals surface area (Å²) in [7, 11) is 0. The normalized spacial score (nSPS) is 15.7. The Bertz CT molecular complexity index is 504. The van der Waals surface area contributed by atoms with Gasteiger partial charge in [0, 0.05) is 6.07 Å². The van der Waals surface area contributed by atoms with Crippen LogP contribution < -0.4 is 10.1 Å². The van der Waals surface area contributed by atoms with E-state index in [0.29, 0.717) is 23.8 Å². The highest BCUT2D eigenvalue weighted by atomic mass is 16.6. The number of hydrogen-bond acceptors (Lipinski definition) is 5. The highest BCUT2D eigenvalue weighted by Gasteiger charge is 2.16. The number of nitrogens with one attached hydrogen (secondary N) is 1. The molecule has 19 heavy (non-hydrogen) atoms. The molecule has 0 spiro atoms. The summed E-state index contributed by atoms with van der Waals surface area (Å²) in [5.74, 6) is 0.738. The quantitative estimate of drug-likeness (QED) is 0.660. The first-order chi connectivity index (χ1) is 9.20. The van der Waals surface area contributed by atoms with Crippen molar-refractivity contribution in [2.75, 3.05) is 19.7 Å². The van der Waals surface area contributed by atoms with Gasteiger partial charge in [0.15, 0.2) is 0 Å². The van der Waals surface area contributed by atoms with Crippen molar-refractivity contribution in [2.45, 2.75) is 12.8 Å². The molecule has 1 heterocycles. The van der Waals surface area contributed by atoms with Gasteiger partial charge in [-0.15, -0.1) is 0 Å². The van der Waals surface area contributed by atoms with Crippen molar-refractivity contribution in [3.05, 3.63) is 33.9 Å². The van der Waals surface area contributed by atoms with Gasteiger partial charge in [-0.05, 0) is 37.9 Å². The summed E-state index contributed by atoms with van der Waals surface area (Å²) in [6.45, 7) is 2.43. The van der Waals surface area contributed by atoms with E-state index in [2.05, 4.69) is 5.32 Å². The zero-order valence-electron chi connectivity index (χ0n) is 10.5. The fourth-order valence-corrected chi connectivity index (χ4v) is 2.09. The third kappa shape index (κ3) is 3.42. The van der Waals surface area contributed by atoms with Crippen LogP contribution in [0.4, 0.5) is 5.69 Å². The van der Waals surface area contributed by atoms with Crippen molar-refractivity contribution in [3.8, 4) is 11.8 Å². The Balaban J connectivity index is 2.07. The molecule has 0 saturated carbocycles. The minimum absolute atomic E-state index is 0.0562. The van der Waals surface area contributed by atoms with Gasteiger partial charge in [0.05, 0.1) is 23.2 Å². The smallest absolute Gasteiger partial charge is 0.273 e. The van der Waals surface area contributed by atoms with Gasteiger partial charge >= 0.3 is 0 Å². The summed E-state index contributed by atoms with van der Waals surface area (Å²) in [4.78, 5) is 10.2. The van der Waals surface area contributed by atoms with Gasteiger partial charge in [0.2, 0.25) is 0 Å². The summed E-state index contributed by atoms with van der Waals surface area (Å²) >= 11 is 0. The molecule has 0 amide bonds. The maximum atomic E-state index is 10.7. The predicted octanol–water partition coefficient (Wildman–Crippen LogP) is 1.84. The molecule has 0 aromatic heterocycles. The van der Waals surface area contributed by atoms with Crippen LogP contribution in [0.3, 0.4) is 0 Å². The molecule has 1 aliphatic heterocycles. The number of non-ortho nitro benzene ring substituents is 1. The van der Waals surface area contributed by atoms with Crippen molar-refractivity contribution in [1.82, 2.24) is 5.32 Å². The Morgan fingerprint density at radius 2 is 2.21 bits per heavy atom. The summed E-state index contributed by atoms with van der Waals surface area (Å²) in [6.07, 6.45) is 2.05. The summed E-state index contributed by atoms with van der Waals surface area (Å²) in [6, 6.07) is 6.05. The number of nitro groups is 1. The molecule has 100 valence electrons. The maximum Gasteiger partial charge on any atom is 0.273 e. The molecule has 2 rings (SSSR count). The molecule has 1 aromatic carbocycles. The Morgan fingerprint density at radius 3 is 2.84 bits per heavy atom. The van der Waals surface area contributed by atoms with Crippen LogP contribution in [0.2, 0.25) is 0 Å². The molecule has 1 N–H and O–H groups in total. The highest BCUT2D eigenvalue weighted by Crippen LogP contribution is 2.25. The Kier molecular flexibility index (Phi) is 4.31. The number of nitrogens with zero attached hydrogens (tertiary/aromatic N) is 2. The molecule has 0 aliphatic carbocycles. The first-order valence-electron chi connectivity index (χ1n) is 6.23. The first-order valence-corrected chi connectivity index (χ1v) is 6.23. The lowest BCUT2D eigenvalue weighted by Gasteiger charge is -2.22. The van der Waals surface area contributed by atoms with E-state index in [1.165, 1.54) is 18.2 Å². The lowest BCUT2D eigenvalue weighted by atomic mass is 9.99. The monoisotopic (exact) mass is 261 g/mol. The minimum Gasteiger partial charge on any atom is -0.492 e. The molecule has 1 saturated heterocycles. The maximum absolute atomic E-state index is 10.7. The van der Waals surface area contributed by atoms with E-state index in [1.807, 2.05) is 6.07 Å². The SMILES string of the molecule is N#Cc1ccc([N+](=O)[O-])cc1OCC1CCNCC1. The van der Waals surface area contributed by atoms with Gasteiger partial charge in [-0.1, -0.05) is 0 Å². The van der Waals surface area contributed by atoms with Crippen LogP contribution in [0.25, 0.3) is 0 Å². The van der Waals surface area contributed by atoms with Gasteiger partial charge in [-0.25, -0.2) is 0 Å². The van der Waals surface area contributed by atoms with Gasteiger partial charge in [0.1, 0.15) is 11.8 Å². The molecular weight excluding hydrogens is 246 g/mol. The van der Waals surface area contributed by atoms with E-state index >= 15 is 0 Å². The Labute approximate surface area is 111 Å². The van der Waals surface area contributed by atoms with Crippen molar-refractivity contribution in [3.63, 3.8) is 0 Å². The van der Waals surface area contributed by atoms with Crippen LogP contribution in [0.5, 0.6) is 5.75 Å². The fraction of sp³-hybridized carbons (Fsp3) is 0.462. The number of nitriles is 1. The van der Waals surface area contributed by atoms with Crippen LogP contribution >= 0.6 is 0 Å². The summed E-state index contributed by atoms with van der Waals surface area (Å²) in [5, 5.41) is 23.0. The predicted molar refractivity (Wildman–Crippen MR) is 68.9 cm³/mol. The second-order valence-corrected chi connectivity index (χ2v) is 4.55. The molecule has 0 unspecified atom stereocenters. The van der Waals surface area contributed by atoms with Crippen LogP contribution in [0.15, 0.2) is 18.2 Å². The number of benzene rings is 1. The largest absolute Gasteiger partial charge is 0.492 e. The second-order valence-electron chi connectivity index (χ2n) is 4.55. The van der Waals surface area contributed by atoms with E-state index in [0.717, 1.165) is 25.9 Å². The van der Waals surface area contributed by atoms with Crippen LogP contribution in [0, 0.1) is 27.4 Å². The van der Waals surface area contributed by atoms with E-state index < -0.39 is 4.92 Å². The minimum atomic E-state index is -0.488. The van der Waals surface area contributed by atoms with Crippen molar-refractivity contribution >= 4 is 5.69 Å². The average Bonchev–Trinajstić information content (AvgIpc) is 2.45. The standard InChI is InChI=1S/C13H15N3O3/c14-8-11-1-2-12(16(17)18)7-13(11)19-9-10-3-5-15-6-4-10/h1-2,7,10,15H,3-6,9H2. The molecule has 1 fully saturated rings. The number of ether oxygens (including phenoxy) is 1. The summed E-state index contributed by atoms with van der Waals surface area (Å²) < 4.78 is 5.60. The van der Waals surface area contributed by atoms with E-state index in [9.17, 15) is 10.1 Å². The van der Waals surface area contributed by atoms with Crippen molar-refractivity contribution < 1.29 is 9.66 Å². The molecule has 0 bridgehead atoms. The first kappa shape index (κ1) is 13.3. The van der Waals surface area contributed by atoms with Gasteiger partial charge in [-0.3, -0.25) is 10.1 Å². The van der Waals surface area contributed by atoms with Gasteiger partial charge in [0.25, 0.3) is 5.69 Å². The second kappa shape index (κ2) is 6.16. The van der Waals surface area contributed by atoms with Crippen LogP contribution in [-0.2, 0) is 0 Å². The highest BCUT2D eigenvalue weighted by molar-refractivity contribution is 5.50. The third-order valence-electron chi connectivity index (χ3n) is 3.23. The van der Waals surface area contributed by atoms with E-state index in [1.54, 1.807) is 0 Å². The molecule has 0 radical (unpaired) electrons. The molecule has 1 aromatic rings. The van der Waals surface area contributed by atoms with Crippen LogP contribution in [-0.4, -0.2) is 24.6 Å². The zero-order valence-corrected chi connectivity index (χ0v) is 10.5. The molecule has 6 nitrogen and oxygen atoms in total. The number of rotatable bonds is 4. The van der Waals surface area contributed by atoms with E-state index in [4.69, 9.17) is 10.00 Å².